The van der Waals surface area contributed by atoms with E-state index in [1.807, 2.05) is 39.3 Å². The summed E-state index contributed by atoms with van der Waals surface area (Å²) in [4.78, 5) is 12.5. The first-order chi connectivity index (χ1) is 12.8. The van der Waals surface area contributed by atoms with E-state index in [1.54, 1.807) is 23.0 Å². The van der Waals surface area contributed by atoms with E-state index in [1.165, 1.54) is 0 Å². The summed E-state index contributed by atoms with van der Waals surface area (Å²) in [5.41, 5.74) is 3.69. The Bertz CT molecular complexity index is 969. The molecule has 0 aliphatic heterocycles. The van der Waals surface area contributed by atoms with E-state index in [0.29, 0.717) is 17.3 Å². The molecular formula is C19H24ClN5O2. The number of carbonyl (C=O) groups is 1. The Hall–Kier alpha value is -2.54. The van der Waals surface area contributed by atoms with Crippen LogP contribution in [0.15, 0.2) is 22.7 Å². The highest BCUT2D eigenvalue weighted by Crippen LogP contribution is 2.21. The molecule has 27 heavy (non-hydrogen) atoms. The van der Waals surface area contributed by atoms with Crippen LogP contribution in [0.5, 0.6) is 0 Å². The molecule has 0 aromatic carbocycles. The SMILES string of the molecule is CCn1ncc(C(C)NC(=O)c2ccc(Cn3nc(C)c(Cl)c3C)o2)c1C. The predicted molar refractivity (Wildman–Crippen MR) is 103 cm³/mol. The van der Waals surface area contributed by atoms with Crippen molar-refractivity contribution in [2.45, 2.75) is 53.8 Å². The molecule has 0 saturated carbocycles. The molecule has 0 bridgehead atoms. The average molecular weight is 390 g/mol. The maximum absolute atomic E-state index is 12.5. The van der Waals surface area contributed by atoms with E-state index < -0.39 is 0 Å². The lowest BCUT2D eigenvalue weighted by atomic mass is 10.1. The summed E-state index contributed by atoms with van der Waals surface area (Å²) in [6.45, 7) is 10.9. The standard InChI is InChI=1S/C19H24ClN5O2/c1-6-24-13(4)16(9-21-24)11(2)22-19(26)17-8-7-15(27-17)10-25-14(5)18(20)12(3)23-25/h7-9,11H,6,10H2,1-5H3,(H,22,26). The Morgan fingerprint density at radius 3 is 2.59 bits per heavy atom. The molecule has 0 spiro atoms. The van der Waals surface area contributed by atoms with Crippen LogP contribution >= 0.6 is 11.6 Å². The number of aryl methyl sites for hydroxylation is 2. The van der Waals surface area contributed by atoms with E-state index in [-0.39, 0.29) is 17.7 Å². The molecule has 1 N–H and O–H groups in total. The van der Waals surface area contributed by atoms with Crippen LogP contribution in [0.2, 0.25) is 5.02 Å². The lowest BCUT2D eigenvalue weighted by molar-refractivity contribution is 0.0909. The molecule has 3 rings (SSSR count). The number of hydrogen-bond donors (Lipinski definition) is 1. The molecule has 3 aromatic heterocycles. The Morgan fingerprint density at radius 2 is 2.00 bits per heavy atom. The van der Waals surface area contributed by atoms with Crippen LogP contribution < -0.4 is 5.32 Å². The molecule has 1 amide bonds. The van der Waals surface area contributed by atoms with Gasteiger partial charge in [0, 0.05) is 17.8 Å². The second-order valence-corrected chi connectivity index (χ2v) is 6.98. The number of nitrogens with zero attached hydrogens (tertiary/aromatic N) is 4. The normalized spacial score (nSPS) is 12.4. The van der Waals surface area contributed by atoms with Gasteiger partial charge in [-0.2, -0.15) is 10.2 Å². The zero-order chi connectivity index (χ0) is 19.7. The van der Waals surface area contributed by atoms with E-state index in [0.717, 1.165) is 29.2 Å². The number of hydrogen-bond acceptors (Lipinski definition) is 4. The first-order valence-corrected chi connectivity index (χ1v) is 9.31. The monoisotopic (exact) mass is 389 g/mol. The van der Waals surface area contributed by atoms with Crippen molar-refractivity contribution in [3.63, 3.8) is 0 Å². The summed E-state index contributed by atoms with van der Waals surface area (Å²) in [5, 5.41) is 12.3. The lowest BCUT2D eigenvalue weighted by Gasteiger charge is -2.13. The topological polar surface area (TPSA) is 77.9 Å². The molecule has 3 heterocycles. The number of amides is 1. The minimum absolute atomic E-state index is 0.166. The number of nitrogens with one attached hydrogen (secondary N) is 1. The van der Waals surface area contributed by atoms with E-state index in [2.05, 4.69) is 15.5 Å². The maximum Gasteiger partial charge on any atom is 0.287 e. The number of furan rings is 1. The van der Waals surface area contributed by atoms with Crippen molar-refractivity contribution in [3.8, 4) is 0 Å². The van der Waals surface area contributed by atoms with Crippen LogP contribution in [0.3, 0.4) is 0 Å². The zero-order valence-corrected chi connectivity index (χ0v) is 17.0. The van der Waals surface area contributed by atoms with Crippen LogP contribution in [0.1, 0.15) is 58.8 Å². The summed E-state index contributed by atoms with van der Waals surface area (Å²) in [5.74, 6) is 0.652. The molecule has 0 saturated heterocycles. The quantitative estimate of drug-likeness (QED) is 0.695. The van der Waals surface area contributed by atoms with Gasteiger partial charge in [0.15, 0.2) is 5.76 Å². The smallest absolute Gasteiger partial charge is 0.287 e. The summed E-state index contributed by atoms with van der Waals surface area (Å²) in [6, 6.07) is 3.29. The van der Waals surface area contributed by atoms with Crippen LogP contribution in [0, 0.1) is 20.8 Å². The molecule has 0 aliphatic rings. The third-order valence-electron chi connectivity index (χ3n) is 4.74. The third kappa shape index (κ3) is 3.78. The Kier molecular flexibility index (Phi) is 5.41. The van der Waals surface area contributed by atoms with Gasteiger partial charge in [-0.25, -0.2) is 0 Å². The van der Waals surface area contributed by atoms with Gasteiger partial charge in [0.1, 0.15) is 5.76 Å². The highest BCUT2D eigenvalue weighted by atomic mass is 35.5. The van der Waals surface area contributed by atoms with Gasteiger partial charge in [0.2, 0.25) is 0 Å². The first-order valence-electron chi connectivity index (χ1n) is 8.93. The van der Waals surface area contributed by atoms with Crippen LogP contribution in [0.25, 0.3) is 0 Å². The van der Waals surface area contributed by atoms with Gasteiger partial charge >= 0.3 is 0 Å². The zero-order valence-electron chi connectivity index (χ0n) is 16.2. The number of aromatic nitrogens is 4. The summed E-state index contributed by atoms with van der Waals surface area (Å²) < 4.78 is 9.38. The molecule has 0 aliphatic carbocycles. The molecular weight excluding hydrogens is 366 g/mol. The van der Waals surface area contributed by atoms with E-state index >= 15 is 0 Å². The van der Waals surface area contributed by atoms with Crippen molar-refractivity contribution >= 4 is 17.5 Å². The van der Waals surface area contributed by atoms with Crippen molar-refractivity contribution < 1.29 is 9.21 Å². The Labute approximate surface area is 163 Å². The maximum atomic E-state index is 12.5. The number of carbonyl (C=O) groups excluding carboxylic acids is 1. The minimum Gasteiger partial charge on any atom is -0.454 e. The fourth-order valence-corrected chi connectivity index (χ4v) is 3.25. The highest BCUT2D eigenvalue weighted by molar-refractivity contribution is 6.31. The molecule has 7 nitrogen and oxygen atoms in total. The van der Waals surface area contributed by atoms with Gasteiger partial charge in [0.25, 0.3) is 5.91 Å². The van der Waals surface area contributed by atoms with Gasteiger partial charge in [-0.3, -0.25) is 14.2 Å². The van der Waals surface area contributed by atoms with Gasteiger partial charge < -0.3 is 9.73 Å². The van der Waals surface area contributed by atoms with E-state index in [9.17, 15) is 4.79 Å². The minimum atomic E-state index is -0.260. The van der Waals surface area contributed by atoms with Crippen LogP contribution in [-0.4, -0.2) is 25.5 Å². The summed E-state index contributed by atoms with van der Waals surface area (Å²) in [7, 11) is 0. The summed E-state index contributed by atoms with van der Waals surface area (Å²) >= 11 is 6.18. The second kappa shape index (κ2) is 7.60. The Morgan fingerprint density at radius 1 is 1.26 bits per heavy atom. The Balaban J connectivity index is 1.69. The van der Waals surface area contributed by atoms with Crippen molar-refractivity contribution in [2.75, 3.05) is 0 Å². The van der Waals surface area contributed by atoms with E-state index in [4.69, 9.17) is 16.0 Å². The molecule has 8 heteroatoms. The summed E-state index contributed by atoms with van der Waals surface area (Å²) in [6.07, 6.45) is 1.80. The lowest BCUT2D eigenvalue weighted by Crippen LogP contribution is -2.26. The largest absolute Gasteiger partial charge is 0.454 e. The third-order valence-corrected chi connectivity index (χ3v) is 5.29. The predicted octanol–water partition coefficient (Wildman–Crippen LogP) is 3.81. The van der Waals surface area contributed by atoms with Gasteiger partial charge in [-0.1, -0.05) is 11.6 Å². The molecule has 1 atom stereocenters. The molecule has 144 valence electrons. The van der Waals surface area contributed by atoms with Gasteiger partial charge in [0.05, 0.1) is 35.2 Å². The van der Waals surface area contributed by atoms with Crippen LogP contribution in [0.4, 0.5) is 0 Å². The van der Waals surface area contributed by atoms with Crippen LogP contribution in [-0.2, 0) is 13.1 Å². The van der Waals surface area contributed by atoms with Crippen molar-refractivity contribution in [3.05, 3.63) is 57.5 Å². The van der Waals surface area contributed by atoms with Crippen molar-refractivity contribution in [1.82, 2.24) is 24.9 Å². The molecule has 1 unspecified atom stereocenters. The van der Waals surface area contributed by atoms with Crippen molar-refractivity contribution in [1.29, 1.82) is 0 Å². The second-order valence-electron chi connectivity index (χ2n) is 6.60. The highest BCUT2D eigenvalue weighted by Gasteiger charge is 2.19. The van der Waals surface area contributed by atoms with Gasteiger partial charge in [-0.15, -0.1) is 0 Å². The number of halogens is 1. The van der Waals surface area contributed by atoms with Crippen molar-refractivity contribution in [2.24, 2.45) is 0 Å². The molecule has 0 radical (unpaired) electrons. The first kappa shape index (κ1) is 19.2. The fourth-order valence-electron chi connectivity index (χ4n) is 3.11. The fraction of sp³-hybridized carbons (Fsp3) is 0.421. The average Bonchev–Trinajstić information content (AvgIpc) is 3.31. The number of rotatable bonds is 6. The molecule has 3 aromatic rings. The molecule has 0 fully saturated rings. The van der Waals surface area contributed by atoms with Gasteiger partial charge in [-0.05, 0) is 46.8 Å².